The van der Waals surface area contributed by atoms with E-state index in [0.717, 1.165) is 0 Å². The predicted octanol–water partition coefficient (Wildman–Crippen LogP) is -0.210. The van der Waals surface area contributed by atoms with Crippen LogP contribution in [-0.4, -0.2) is 280 Å². The van der Waals surface area contributed by atoms with Crippen LogP contribution in [0.25, 0.3) is 0 Å². The van der Waals surface area contributed by atoms with Crippen molar-refractivity contribution in [1.29, 1.82) is 0 Å². The summed E-state index contributed by atoms with van der Waals surface area (Å²) < 4.78 is 0. The number of amides is 8. The molecule has 4 aliphatic heterocycles. The standard InChI is InChI=1S/C61H98N14O14S2/c1-8-42(6)55-59(88)66-47(57(86)64-43-14-18-70(19-15-43)31-50(77)62-7)38-90-36-44-10-9-11-45(63-44)37-91-39-48(65-49(76)13-12-40(2)3)58(87)69-61(60(89)67-46(30-41(4)5)56(85)68-55)16-20-75(21-17-61)51(78)32-71-22-24-72(33-52(79)80)26-28-74(35-54(83)84)29-27-73(25-23-71)34-53(81)82/h9-11,40-43,46-48,55H,7-8,12-39H2,1-6H3,(H,64,86)(H,65,76)(H,66,88)(H,67,89)(H,68,85)(H,69,87)(H,79,80)(H,81,82)(H,83,84)/t42-,46?,47-,48+,55-/m0/s1. The second-order valence-corrected chi connectivity index (χ2v) is 27.2. The molecule has 508 valence electrons. The number of nitrogens with zero attached hydrogens (tertiary/aromatic N) is 8. The Morgan fingerprint density at radius 3 is 1.67 bits per heavy atom. The van der Waals surface area contributed by atoms with Gasteiger partial charge in [-0.15, -0.1) is 0 Å². The third-order valence-electron chi connectivity index (χ3n) is 16.9. The number of fused-ring (bicyclic) bond motifs is 2. The van der Waals surface area contributed by atoms with Gasteiger partial charge in [0.15, 0.2) is 0 Å². The maximum absolute atomic E-state index is 15.4. The summed E-state index contributed by atoms with van der Waals surface area (Å²) in [5, 5.41) is 47.1. The van der Waals surface area contributed by atoms with Crippen LogP contribution in [0.5, 0.6) is 0 Å². The molecule has 1 unspecified atom stereocenters. The third kappa shape index (κ3) is 26.3. The molecule has 30 heteroatoms. The number of carboxylic acids is 3. The van der Waals surface area contributed by atoms with E-state index in [2.05, 4.69) is 43.6 Å². The Balaban J connectivity index is 1.47. The molecular weight excluding hydrogens is 1220 g/mol. The second kappa shape index (κ2) is 38.0. The Hall–Kier alpha value is -6.31. The first kappa shape index (κ1) is 75.4. The maximum atomic E-state index is 15.4. The van der Waals surface area contributed by atoms with Crippen molar-refractivity contribution in [2.75, 3.05) is 123 Å². The molecule has 1 aromatic rings. The van der Waals surface area contributed by atoms with Crippen LogP contribution in [0.3, 0.4) is 0 Å². The third-order valence-corrected chi connectivity index (χ3v) is 19.0. The van der Waals surface area contributed by atoms with Gasteiger partial charge in [0.25, 0.3) is 5.91 Å². The van der Waals surface area contributed by atoms with Crippen LogP contribution < -0.4 is 31.9 Å². The average Bonchev–Trinajstić information content (AvgIpc) is 1.00. The number of likely N-dealkylation sites (tertiary alicyclic amines) is 2. The number of aromatic nitrogens is 1. The van der Waals surface area contributed by atoms with E-state index >= 15 is 4.79 Å². The van der Waals surface area contributed by atoms with E-state index in [-0.39, 0.29) is 171 Å². The zero-order valence-electron chi connectivity index (χ0n) is 53.8. The molecule has 5 atom stereocenters. The number of hydrogen-bond acceptors (Lipinski definition) is 19. The first-order valence-corrected chi connectivity index (χ1v) is 34.0. The molecule has 3 saturated heterocycles. The molecule has 28 nitrogen and oxygen atoms in total. The predicted molar refractivity (Wildman–Crippen MR) is 345 cm³/mol. The number of nitrogens with one attached hydrogen (secondary N) is 6. The number of carboxylic acid groups (broad SMARTS) is 3. The minimum absolute atomic E-state index is 0.0593. The fraction of sp³-hybridized carbons (Fsp3) is 0.721. The smallest absolute Gasteiger partial charge is 0.317 e. The van der Waals surface area contributed by atoms with Gasteiger partial charge in [-0.1, -0.05) is 54.0 Å². The molecule has 9 N–H and O–H groups in total. The van der Waals surface area contributed by atoms with Crippen molar-refractivity contribution < 1.29 is 68.1 Å². The Morgan fingerprint density at radius 1 is 0.659 bits per heavy atom. The monoisotopic (exact) mass is 1310 g/mol. The first-order chi connectivity index (χ1) is 43.2. The van der Waals surface area contributed by atoms with Gasteiger partial charge in [0, 0.05) is 114 Å². The van der Waals surface area contributed by atoms with Crippen LogP contribution in [0.2, 0.25) is 0 Å². The summed E-state index contributed by atoms with van der Waals surface area (Å²) in [7, 11) is 0. The summed E-state index contributed by atoms with van der Waals surface area (Å²) in [6, 6.07) is 0.657. The molecule has 0 saturated carbocycles. The van der Waals surface area contributed by atoms with Crippen LogP contribution in [0.4, 0.5) is 0 Å². The fourth-order valence-electron chi connectivity index (χ4n) is 11.2. The zero-order valence-corrected chi connectivity index (χ0v) is 55.4. The molecule has 2 bridgehead atoms. The number of aliphatic imine (C=N–C) groups is 1. The van der Waals surface area contributed by atoms with Gasteiger partial charge in [-0.05, 0) is 75.1 Å². The van der Waals surface area contributed by atoms with Gasteiger partial charge in [0.05, 0.1) is 44.1 Å². The quantitative estimate of drug-likeness (QED) is 0.0763. The van der Waals surface area contributed by atoms with Crippen molar-refractivity contribution in [2.45, 2.75) is 140 Å². The van der Waals surface area contributed by atoms with Crippen molar-refractivity contribution in [1.82, 2.24) is 66.3 Å². The van der Waals surface area contributed by atoms with Crippen LogP contribution in [0, 0.1) is 17.8 Å². The van der Waals surface area contributed by atoms with Gasteiger partial charge < -0.3 is 52.1 Å². The highest BCUT2D eigenvalue weighted by molar-refractivity contribution is 7.98. The van der Waals surface area contributed by atoms with Gasteiger partial charge in [-0.2, -0.15) is 23.5 Å². The Bertz CT molecular complexity index is 2630. The summed E-state index contributed by atoms with van der Waals surface area (Å²) in [5.41, 5.74) is -0.392. The van der Waals surface area contributed by atoms with Crippen LogP contribution in [0.15, 0.2) is 23.2 Å². The molecule has 91 heavy (non-hydrogen) atoms. The number of aliphatic carboxylic acids is 3. The van der Waals surface area contributed by atoms with E-state index in [9.17, 15) is 63.3 Å². The number of carbonyl (C=O) groups is 11. The molecule has 5 heterocycles. The summed E-state index contributed by atoms with van der Waals surface area (Å²) in [4.78, 5) is 169. The molecule has 1 aromatic heterocycles. The number of pyridine rings is 1. The lowest BCUT2D eigenvalue weighted by atomic mass is 9.85. The summed E-state index contributed by atoms with van der Waals surface area (Å²) in [5.74, 6) is -7.03. The summed E-state index contributed by atoms with van der Waals surface area (Å²) in [6.45, 7) is 16.0. The normalized spacial score (nSPS) is 23.1. The number of carbonyl (C=O) groups excluding carboxylic acids is 8. The van der Waals surface area contributed by atoms with Gasteiger partial charge in [-0.25, -0.2) is 4.99 Å². The van der Waals surface area contributed by atoms with Crippen molar-refractivity contribution in [3.05, 3.63) is 29.6 Å². The Morgan fingerprint density at radius 2 is 1.18 bits per heavy atom. The highest BCUT2D eigenvalue weighted by atomic mass is 32.2. The van der Waals surface area contributed by atoms with Gasteiger partial charge in [0.1, 0.15) is 29.7 Å². The number of piperidine rings is 2. The lowest BCUT2D eigenvalue weighted by Gasteiger charge is -2.43. The maximum Gasteiger partial charge on any atom is 0.317 e. The molecule has 5 rings (SSSR count). The van der Waals surface area contributed by atoms with E-state index in [0.29, 0.717) is 61.7 Å². The number of thioether (sulfide) groups is 2. The average molecular weight is 1320 g/mol. The van der Waals surface area contributed by atoms with Crippen molar-refractivity contribution in [3.63, 3.8) is 0 Å². The molecule has 0 aromatic carbocycles. The summed E-state index contributed by atoms with van der Waals surface area (Å²) in [6.07, 6.45) is 2.05. The van der Waals surface area contributed by atoms with Crippen molar-refractivity contribution in [3.8, 4) is 0 Å². The molecule has 4 aliphatic rings. The fourth-order valence-corrected chi connectivity index (χ4v) is 13.2. The molecule has 0 aliphatic carbocycles. The van der Waals surface area contributed by atoms with E-state index in [1.807, 2.05) is 57.7 Å². The van der Waals surface area contributed by atoms with E-state index in [1.54, 1.807) is 31.4 Å². The highest BCUT2D eigenvalue weighted by Crippen LogP contribution is 2.26. The lowest BCUT2D eigenvalue weighted by Crippen LogP contribution is -2.68. The Labute approximate surface area is 542 Å². The first-order valence-electron chi connectivity index (χ1n) is 31.7. The molecule has 0 radical (unpaired) electrons. The van der Waals surface area contributed by atoms with Crippen LogP contribution in [-0.2, 0) is 64.2 Å². The van der Waals surface area contributed by atoms with Crippen LogP contribution >= 0.6 is 23.5 Å². The van der Waals surface area contributed by atoms with Crippen molar-refractivity contribution >= 4 is 95.4 Å². The SMILES string of the molecule is C=NC(=O)CN1CCC(NC(=O)[C@@H]2CSCc3cccc(n3)CSC[C@@H](NC(=O)CCC(C)C)C(=O)NC3(CCN(C(=O)CN4CCN(CC(=O)O)CCN(CC(=O)O)CCN(CC(=O)O)CC4)CC3)C(=O)NC(CC(C)C)C(=O)N[C@@H]([C@@H](C)CC)C(=O)N2)CC1. The van der Waals surface area contributed by atoms with Gasteiger partial charge >= 0.3 is 17.9 Å². The zero-order chi connectivity index (χ0) is 66.8. The van der Waals surface area contributed by atoms with E-state index < -0.39 is 83.1 Å². The number of rotatable bonds is 20. The molecule has 3 fully saturated rings. The molecular formula is C61H98N14O14S2. The number of hydrogen-bond donors (Lipinski definition) is 9. The second-order valence-electron chi connectivity index (χ2n) is 25.1. The minimum Gasteiger partial charge on any atom is -0.480 e. The van der Waals surface area contributed by atoms with Gasteiger partial charge in [0.2, 0.25) is 41.4 Å². The van der Waals surface area contributed by atoms with Crippen LogP contribution in [0.1, 0.15) is 104 Å². The summed E-state index contributed by atoms with van der Waals surface area (Å²) >= 11 is 2.73. The highest BCUT2D eigenvalue weighted by Gasteiger charge is 2.46. The topological polar surface area (TPSA) is 365 Å². The lowest BCUT2D eigenvalue weighted by molar-refractivity contribution is -0.143. The molecule has 8 amide bonds. The minimum atomic E-state index is -1.76. The van der Waals surface area contributed by atoms with Gasteiger partial charge in [-0.3, -0.25) is 82.2 Å². The Kier molecular flexibility index (Phi) is 31.5. The van der Waals surface area contributed by atoms with E-state index in [4.69, 9.17) is 4.98 Å². The largest absolute Gasteiger partial charge is 0.480 e. The van der Waals surface area contributed by atoms with Crippen molar-refractivity contribution in [2.24, 2.45) is 22.7 Å². The molecule has 1 spiro atoms. The van der Waals surface area contributed by atoms with E-state index in [1.165, 1.54) is 23.5 Å².